The van der Waals surface area contributed by atoms with E-state index < -0.39 is 4.92 Å². The molecule has 0 bridgehead atoms. The number of amidine groups is 1. The number of nitrogens with zero attached hydrogens (tertiary/aromatic N) is 1. The molecule has 1 aromatic carbocycles. The van der Waals surface area contributed by atoms with Gasteiger partial charge in [-0.2, -0.15) is 0 Å². The highest BCUT2D eigenvalue weighted by atomic mass is 16.6. The van der Waals surface area contributed by atoms with Gasteiger partial charge >= 0.3 is 0 Å². The molecule has 0 aliphatic carbocycles. The fourth-order valence-electron chi connectivity index (χ4n) is 1.79. The summed E-state index contributed by atoms with van der Waals surface area (Å²) in [6.07, 6.45) is 1.46. The van der Waals surface area contributed by atoms with E-state index in [2.05, 4.69) is 0 Å². The molecule has 0 unspecified atom stereocenters. The summed E-state index contributed by atoms with van der Waals surface area (Å²) >= 11 is 0. The number of rotatable bonds is 7. The predicted octanol–water partition coefficient (Wildman–Crippen LogP) is 3.02. The van der Waals surface area contributed by atoms with Crippen molar-refractivity contribution in [1.29, 1.82) is 5.41 Å². The summed E-state index contributed by atoms with van der Waals surface area (Å²) in [6, 6.07) is 4.79. The number of nitro groups is 1. The Morgan fingerprint density at radius 3 is 2.70 bits per heavy atom. The summed E-state index contributed by atoms with van der Waals surface area (Å²) in [5.74, 6) is 0.684. The first kappa shape index (κ1) is 15.9. The maximum absolute atomic E-state index is 10.8. The topological polar surface area (TPSA) is 102 Å². The van der Waals surface area contributed by atoms with Crippen molar-refractivity contribution in [2.45, 2.75) is 33.6 Å². The van der Waals surface area contributed by atoms with Gasteiger partial charge in [0.2, 0.25) is 0 Å². The Morgan fingerprint density at radius 1 is 1.50 bits per heavy atom. The Kier molecular flexibility index (Phi) is 5.07. The quantitative estimate of drug-likeness (QED) is 0.263. The molecule has 0 amide bonds. The van der Waals surface area contributed by atoms with Gasteiger partial charge in [-0.1, -0.05) is 19.9 Å². The number of hydrogen-bond acceptors (Lipinski definition) is 4. The van der Waals surface area contributed by atoms with Gasteiger partial charge < -0.3 is 10.5 Å². The molecule has 0 radical (unpaired) electrons. The Morgan fingerprint density at radius 2 is 2.15 bits per heavy atom. The number of benzene rings is 1. The fraction of sp³-hybridized carbons (Fsp3) is 0.500. The molecule has 6 nitrogen and oxygen atoms in total. The van der Waals surface area contributed by atoms with E-state index in [1.807, 2.05) is 13.8 Å². The van der Waals surface area contributed by atoms with Crippen LogP contribution in [0.25, 0.3) is 0 Å². The van der Waals surface area contributed by atoms with Crippen LogP contribution in [0.3, 0.4) is 0 Å². The first-order valence-electron chi connectivity index (χ1n) is 6.47. The summed E-state index contributed by atoms with van der Waals surface area (Å²) < 4.78 is 5.59. The maximum Gasteiger partial charge on any atom is 0.276 e. The number of nitrogens with one attached hydrogen (secondary N) is 1. The molecule has 0 spiro atoms. The lowest BCUT2D eigenvalue weighted by molar-refractivity contribution is -0.385. The van der Waals surface area contributed by atoms with E-state index in [0.717, 1.165) is 12.8 Å². The molecule has 0 aromatic heterocycles. The summed E-state index contributed by atoms with van der Waals surface area (Å²) in [5, 5.41) is 18.3. The van der Waals surface area contributed by atoms with Crippen molar-refractivity contribution in [3.05, 3.63) is 33.9 Å². The smallest absolute Gasteiger partial charge is 0.276 e. The van der Waals surface area contributed by atoms with E-state index in [4.69, 9.17) is 15.9 Å². The Balaban J connectivity index is 2.57. The second-order valence-electron chi connectivity index (χ2n) is 5.41. The average Bonchev–Trinajstić information content (AvgIpc) is 2.35. The normalized spacial score (nSPS) is 11.2. The van der Waals surface area contributed by atoms with Gasteiger partial charge in [-0.05, 0) is 25.8 Å². The molecule has 0 heterocycles. The second kappa shape index (κ2) is 6.36. The van der Waals surface area contributed by atoms with E-state index in [-0.39, 0.29) is 16.9 Å². The van der Waals surface area contributed by atoms with Gasteiger partial charge in [0, 0.05) is 11.5 Å². The summed E-state index contributed by atoms with van der Waals surface area (Å²) in [4.78, 5) is 10.4. The Hall–Kier alpha value is -2.11. The number of hydrogen-bond donors (Lipinski definition) is 2. The number of ether oxygens (including phenoxy) is 1. The highest BCUT2D eigenvalue weighted by Crippen LogP contribution is 2.28. The first-order chi connectivity index (χ1) is 9.25. The second-order valence-corrected chi connectivity index (χ2v) is 5.41. The van der Waals surface area contributed by atoms with Gasteiger partial charge in [0.05, 0.1) is 22.9 Å². The molecule has 0 aliphatic rings. The summed E-state index contributed by atoms with van der Waals surface area (Å²) in [6.45, 7) is 5.94. The van der Waals surface area contributed by atoms with Crippen molar-refractivity contribution in [2.75, 3.05) is 6.61 Å². The molecule has 20 heavy (non-hydrogen) atoms. The zero-order chi connectivity index (χ0) is 15.3. The van der Waals surface area contributed by atoms with Crippen LogP contribution in [0.4, 0.5) is 5.69 Å². The summed E-state index contributed by atoms with van der Waals surface area (Å²) in [7, 11) is 0. The molecule has 110 valence electrons. The third-order valence-electron chi connectivity index (χ3n) is 3.39. The van der Waals surface area contributed by atoms with Crippen molar-refractivity contribution in [3.63, 3.8) is 0 Å². The molecule has 3 N–H and O–H groups in total. The standard InChI is InChI=1S/C14H21N3O3/c1-10-11(17(18)19)6-4-7-12(10)20-9-5-8-14(2,3)13(15)16/h4,6-7H,5,8-9H2,1-3H3,(H3,15,16). The largest absolute Gasteiger partial charge is 0.493 e. The van der Waals surface area contributed by atoms with E-state index in [9.17, 15) is 10.1 Å². The average molecular weight is 279 g/mol. The SMILES string of the molecule is Cc1c(OCCCC(C)(C)C(=N)N)cccc1[N+](=O)[O-]. The minimum absolute atomic E-state index is 0.0616. The van der Waals surface area contributed by atoms with Crippen LogP contribution in [0.5, 0.6) is 5.75 Å². The maximum atomic E-state index is 10.8. The zero-order valence-corrected chi connectivity index (χ0v) is 12.1. The number of nitro benzene ring substituents is 1. The molecule has 1 aromatic rings. The van der Waals surface area contributed by atoms with Crippen molar-refractivity contribution in [2.24, 2.45) is 11.1 Å². The van der Waals surface area contributed by atoms with Crippen molar-refractivity contribution in [1.82, 2.24) is 0 Å². The molecule has 6 heteroatoms. The van der Waals surface area contributed by atoms with Crippen LogP contribution in [0.15, 0.2) is 18.2 Å². The van der Waals surface area contributed by atoms with Crippen molar-refractivity contribution in [3.8, 4) is 5.75 Å². The Bertz CT molecular complexity index is 512. The van der Waals surface area contributed by atoms with E-state index in [1.54, 1.807) is 19.1 Å². The van der Waals surface area contributed by atoms with Crippen LogP contribution in [-0.4, -0.2) is 17.4 Å². The van der Waals surface area contributed by atoms with Gasteiger partial charge in [-0.25, -0.2) is 0 Å². The molecule has 0 atom stereocenters. The minimum atomic E-state index is -0.416. The van der Waals surface area contributed by atoms with Gasteiger partial charge in [0.25, 0.3) is 5.69 Å². The van der Waals surface area contributed by atoms with Crippen molar-refractivity contribution >= 4 is 11.5 Å². The molecule has 0 aliphatic heterocycles. The predicted molar refractivity (Wildman–Crippen MR) is 78.3 cm³/mol. The first-order valence-corrected chi connectivity index (χ1v) is 6.47. The van der Waals surface area contributed by atoms with Gasteiger partial charge in [-0.15, -0.1) is 0 Å². The van der Waals surface area contributed by atoms with E-state index >= 15 is 0 Å². The molecule has 1 rings (SSSR count). The molecule has 0 saturated carbocycles. The van der Waals surface area contributed by atoms with Crippen LogP contribution in [-0.2, 0) is 0 Å². The third-order valence-corrected chi connectivity index (χ3v) is 3.39. The lowest BCUT2D eigenvalue weighted by atomic mass is 9.87. The molecule has 0 fully saturated rings. The van der Waals surface area contributed by atoms with Gasteiger partial charge in [0.15, 0.2) is 0 Å². The van der Waals surface area contributed by atoms with Crippen molar-refractivity contribution < 1.29 is 9.66 Å². The highest BCUT2D eigenvalue weighted by Gasteiger charge is 2.21. The molecule has 0 saturated heterocycles. The Labute approximate surface area is 118 Å². The monoisotopic (exact) mass is 279 g/mol. The lowest BCUT2D eigenvalue weighted by Crippen LogP contribution is -2.31. The molecular weight excluding hydrogens is 258 g/mol. The van der Waals surface area contributed by atoms with E-state index in [1.165, 1.54) is 6.07 Å². The van der Waals surface area contributed by atoms with Crippen LogP contribution in [0.1, 0.15) is 32.3 Å². The van der Waals surface area contributed by atoms with Crippen LogP contribution in [0.2, 0.25) is 0 Å². The highest BCUT2D eigenvalue weighted by molar-refractivity contribution is 5.82. The number of nitrogens with two attached hydrogens (primary N) is 1. The zero-order valence-electron chi connectivity index (χ0n) is 12.1. The van der Waals surface area contributed by atoms with Crippen LogP contribution >= 0.6 is 0 Å². The minimum Gasteiger partial charge on any atom is -0.493 e. The van der Waals surface area contributed by atoms with Gasteiger partial charge in [-0.3, -0.25) is 15.5 Å². The van der Waals surface area contributed by atoms with E-state index in [0.29, 0.717) is 17.9 Å². The third kappa shape index (κ3) is 3.94. The van der Waals surface area contributed by atoms with Crippen LogP contribution < -0.4 is 10.5 Å². The van der Waals surface area contributed by atoms with Gasteiger partial charge in [0.1, 0.15) is 5.75 Å². The molecular formula is C14H21N3O3. The fourth-order valence-corrected chi connectivity index (χ4v) is 1.79. The van der Waals surface area contributed by atoms with Crippen LogP contribution in [0, 0.1) is 27.9 Å². The summed E-state index contributed by atoms with van der Waals surface area (Å²) in [5.41, 5.74) is 5.75. The lowest BCUT2D eigenvalue weighted by Gasteiger charge is -2.22.